The summed E-state index contributed by atoms with van der Waals surface area (Å²) in [5, 5.41) is 0. The maximum atomic E-state index is 12.0. The van der Waals surface area contributed by atoms with Gasteiger partial charge in [-0.2, -0.15) is 0 Å². The van der Waals surface area contributed by atoms with Gasteiger partial charge in [0.25, 0.3) is 0 Å². The number of hydrogen-bond acceptors (Lipinski definition) is 3. The first-order valence-corrected chi connectivity index (χ1v) is 7.05. The maximum absolute atomic E-state index is 12.0. The molecule has 0 radical (unpaired) electrons. The number of esters is 1. The van der Waals surface area contributed by atoms with Crippen molar-refractivity contribution in [2.75, 3.05) is 6.61 Å². The molecule has 3 nitrogen and oxygen atoms in total. The molecule has 0 aromatic heterocycles. The van der Waals surface area contributed by atoms with E-state index in [2.05, 4.69) is 12.1 Å². The second kappa shape index (κ2) is 6.20. The number of benzene rings is 1. The molecule has 0 amide bonds. The van der Waals surface area contributed by atoms with E-state index < -0.39 is 5.60 Å². The molecular formula is C16H22O3. The Kier molecular flexibility index (Phi) is 4.59. The average Bonchev–Trinajstić information content (AvgIpc) is 3.21. The quantitative estimate of drug-likeness (QED) is 0.560. The van der Waals surface area contributed by atoms with E-state index in [-0.39, 0.29) is 12.1 Å². The Morgan fingerprint density at radius 2 is 2.11 bits per heavy atom. The van der Waals surface area contributed by atoms with Gasteiger partial charge in [0.05, 0.1) is 12.7 Å². The topological polar surface area (TPSA) is 38.8 Å². The van der Waals surface area contributed by atoms with Gasteiger partial charge in [0.15, 0.2) is 5.60 Å². The normalized spacial score (nSPS) is 22.8. The predicted molar refractivity (Wildman–Crippen MR) is 73.9 cm³/mol. The Balaban J connectivity index is 1.77. The molecule has 1 heterocycles. The Morgan fingerprint density at radius 1 is 1.42 bits per heavy atom. The molecule has 2 unspecified atom stereocenters. The van der Waals surface area contributed by atoms with Gasteiger partial charge in [0.1, 0.15) is 0 Å². The standard InChI is InChI=1S/C16H22O3/c1-3-13(2)19-15(17)16(12-18-16)11-7-10-14-8-5-4-6-9-14/h4-6,8-9,13H,3,7,10-12H2,1-2H3. The first-order valence-electron chi connectivity index (χ1n) is 7.05. The van der Waals surface area contributed by atoms with Gasteiger partial charge in [0, 0.05) is 0 Å². The van der Waals surface area contributed by atoms with Crippen LogP contribution in [-0.2, 0) is 20.7 Å². The van der Waals surface area contributed by atoms with Crippen molar-refractivity contribution in [2.45, 2.75) is 51.2 Å². The third-order valence-electron chi connectivity index (χ3n) is 3.64. The van der Waals surface area contributed by atoms with Crippen LogP contribution in [0, 0.1) is 0 Å². The molecule has 0 N–H and O–H groups in total. The SMILES string of the molecule is CCC(C)OC(=O)C1(CCCc2ccccc2)CO1. The molecule has 1 aliphatic heterocycles. The van der Waals surface area contributed by atoms with Gasteiger partial charge in [0.2, 0.25) is 0 Å². The summed E-state index contributed by atoms with van der Waals surface area (Å²) in [4.78, 5) is 12.0. The van der Waals surface area contributed by atoms with Crippen molar-refractivity contribution < 1.29 is 14.3 Å². The summed E-state index contributed by atoms with van der Waals surface area (Å²) in [6.45, 7) is 4.43. The molecule has 2 rings (SSSR count). The summed E-state index contributed by atoms with van der Waals surface area (Å²) >= 11 is 0. The number of ether oxygens (including phenoxy) is 2. The minimum absolute atomic E-state index is 0.0253. The minimum Gasteiger partial charge on any atom is -0.460 e. The smallest absolute Gasteiger partial charge is 0.341 e. The van der Waals surface area contributed by atoms with Gasteiger partial charge in [-0.25, -0.2) is 4.79 Å². The molecular weight excluding hydrogens is 240 g/mol. The summed E-state index contributed by atoms with van der Waals surface area (Å²) in [5.41, 5.74) is 0.659. The fraction of sp³-hybridized carbons (Fsp3) is 0.562. The van der Waals surface area contributed by atoms with Gasteiger partial charge < -0.3 is 9.47 Å². The molecule has 104 valence electrons. The number of rotatable bonds is 7. The zero-order valence-corrected chi connectivity index (χ0v) is 11.7. The van der Waals surface area contributed by atoms with E-state index in [9.17, 15) is 4.79 Å². The van der Waals surface area contributed by atoms with E-state index in [1.165, 1.54) is 5.56 Å². The minimum atomic E-state index is -0.641. The fourth-order valence-corrected chi connectivity index (χ4v) is 2.05. The van der Waals surface area contributed by atoms with E-state index in [0.717, 1.165) is 25.7 Å². The zero-order chi connectivity index (χ0) is 13.7. The first-order chi connectivity index (χ1) is 9.16. The van der Waals surface area contributed by atoms with Crippen LogP contribution in [0.25, 0.3) is 0 Å². The molecule has 0 bridgehead atoms. The van der Waals surface area contributed by atoms with E-state index in [1.807, 2.05) is 32.0 Å². The third-order valence-corrected chi connectivity index (χ3v) is 3.64. The second-order valence-electron chi connectivity index (χ2n) is 5.25. The van der Waals surface area contributed by atoms with E-state index in [1.54, 1.807) is 0 Å². The lowest BCUT2D eigenvalue weighted by Gasteiger charge is -2.15. The van der Waals surface area contributed by atoms with Crippen molar-refractivity contribution in [2.24, 2.45) is 0 Å². The van der Waals surface area contributed by atoms with Crippen molar-refractivity contribution in [1.82, 2.24) is 0 Å². The maximum Gasteiger partial charge on any atom is 0.341 e. The van der Waals surface area contributed by atoms with Gasteiger partial charge >= 0.3 is 5.97 Å². The summed E-state index contributed by atoms with van der Waals surface area (Å²) in [6.07, 6.45) is 3.48. The van der Waals surface area contributed by atoms with E-state index in [4.69, 9.17) is 9.47 Å². The number of hydrogen-bond donors (Lipinski definition) is 0. The second-order valence-corrected chi connectivity index (χ2v) is 5.25. The zero-order valence-electron chi connectivity index (χ0n) is 11.7. The largest absolute Gasteiger partial charge is 0.460 e. The van der Waals surface area contributed by atoms with Gasteiger partial charge in [-0.15, -0.1) is 0 Å². The molecule has 19 heavy (non-hydrogen) atoms. The third kappa shape index (κ3) is 3.80. The van der Waals surface area contributed by atoms with Crippen LogP contribution in [0.5, 0.6) is 0 Å². The summed E-state index contributed by atoms with van der Waals surface area (Å²) in [6, 6.07) is 10.3. The van der Waals surface area contributed by atoms with Crippen LogP contribution in [0.1, 0.15) is 38.7 Å². The van der Waals surface area contributed by atoms with Crippen LogP contribution in [0.15, 0.2) is 30.3 Å². The lowest BCUT2D eigenvalue weighted by molar-refractivity contribution is -0.155. The highest BCUT2D eigenvalue weighted by Gasteiger charge is 2.53. The Hall–Kier alpha value is -1.35. The Bertz CT molecular complexity index is 409. The van der Waals surface area contributed by atoms with Crippen molar-refractivity contribution in [1.29, 1.82) is 0 Å². The molecule has 2 atom stereocenters. The molecule has 0 saturated carbocycles. The van der Waals surface area contributed by atoms with Crippen LogP contribution in [0.4, 0.5) is 0 Å². The van der Waals surface area contributed by atoms with Crippen molar-refractivity contribution in [3.05, 3.63) is 35.9 Å². The molecule has 1 aromatic carbocycles. The van der Waals surface area contributed by atoms with E-state index >= 15 is 0 Å². The number of epoxide rings is 1. The summed E-state index contributed by atoms with van der Waals surface area (Å²) < 4.78 is 10.7. The van der Waals surface area contributed by atoms with Crippen molar-refractivity contribution >= 4 is 5.97 Å². The number of carbonyl (C=O) groups excluding carboxylic acids is 1. The Labute approximate surface area is 114 Å². The lowest BCUT2D eigenvalue weighted by Crippen LogP contribution is -2.30. The first kappa shape index (κ1) is 14.1. The van der Waals surface area contributed by atoms with Crippen LogP contribution < -0.4 is 0 Å². The van der Waals surface area contributed by atoms with Crippen LogP contribution in [0.2, 0.25) is 0 Å². The van der Waals surface area contributed by atoms with Gasteiger partial charge in [-0.05, 0) is 38.2 Å². The van der Waals surface area contributed by atoms with Gasteiger partial charge in [-0.3, -0.25) is 0 Å². The van der Waals surface area contributed by atoms with Crippen LogP contribution in [-0.4, -0.2) is 24.3 Å². The van der Waals surface area contributed by atoms with Crippen LogP contribution in [0.3, 0.4) is 0 Å². The monoisotopic (exact) mass is 262 g/mol. The molecule has 3 heteroatoms. The molecule has 1 fully saturated rings. The summed E-state index contributed by atoms with van der Waals surface area (Å²) in [5.74, 6) is -0.185. The highest BCUT2D eigenvalue weighted by Crippen LogP contribution is 2.34. The number of carbonyl (C=O) groups is 1. The predicted octanol–water partition coefficient (Wildman–Crippen LogP) is 3.12. The Morgan fingerprint density at radius 3 is 2.68 bits per heavy atom. The number of aryl methyl sites for hydroxylation is 1. The lowest BCUT2D eigenvalue weighted by atomic mass is 10.00. The van der Waals surface area contributed by atoms with Gasteiger partial charge in [-0.1, -0.05) is 37.3 Å². The highest BCUT2D eigenvalue weighted by atomic mass is 16.6. The molecule has 0 spiro atoms. The van der Waals surface area contributed by atoms with E-state index in [0.29, 0.717) is 6.61 Å². The molecule has 0 aliphatic carbocycles. The molecule has 1 aromatic rings. The van der Waals surface area contributed by atoms with Crippen molar-refractivity contribution in [3.63, 3.8) is 0 Å². The summed E-state index contributed by atoms with van der Waals surface area (Å²) in [7, 11) is 0. The van der Waals surface area contributed by atoms with Crippen LogP contribution >= 0.6 is 0 Å². The van der Waals surface area contributed by atoms with Crippen molar-refractivity contribution in [3.8, 4) is 0 Å². The molecule has 1 aliphatic rings. The fourth-order valence-electron chi connectivity index (χ4n) is 2.05. The highest BCUT2D eigenvalue weighted by molar-refractivity contribution is 5.82. The molecule has 1 saturated heterocycles. The average molecular weight is 262 g/mol.